The van der Waals surface area contributed by atoms with Crippen LogP contribution in [0.25, 0.3) is 0 Å². The lowest BCUT2D eigenvalue weighted by Gasteiger charge is -2.11. The molecule has 0 spiro atoms. The second kappa shape index (κ2) is 7.72. The molecule has 0 bridgehead atoms. The molecule has 1 amide bonds. The predicted octanol–water partition coefficient (Wildman–Crippen LogP) is 1.52. The highest BCUT2D eigenvalue weighted by molar-refractivity contribution is 7.84. The number of nitrogens with zero attached hydrogens (tertiary/aromatic N) is 1. The lowest BCUT2D eigenvalue weighted by molar-refractivity contribution is -0.384. The van der Waals surface area contributed by atoms with Crippen LogP contribution in [-0.2, 0) is 10.8 Å². The fourth-order valence-electron chi connectivity index (χ4n) is 1.71. The number of amides is 1. The van der Waals surface area contributed by atoms with E-state index in [2.05, 4.69) is 10.6 Å². The summed E-state index contributed by atoms with van der Waals surface area (Å²) in [5.41, 5.74) is 0.0527. The zero-order valence-electron chi connectivity index (χ0n) is 12.2. The Bertz CT molecular complexity index is 562. The molecule has 0 aliphatic carbocycles. The van der Waals surface area contributed by atoms with Crippen LogP contribution in [0.5, 0.6) is 0 Å². The van der Waals surface area contributed by atoms with E-state index in [4.69, 9.17) is 0 Å². The first-order chi connectivity index (χ1) is 9.88. The first-order valence-corrected chi connectivity index (χ1v) is 8.12. The minimum Gasteiger partial charge on any atom is -0.380 e. The maximum absolute atomic E-state index is 12.1. The summed E-state index contributed by atoms with van der Waals surface area (Å²) >= 11 is 0. The minimum absolute atomic E-state index is 0.00691. The molecule has 2 atom stereocenters. The van der Waals surface area contributed by atoms with Crippen molar-refractivity contribution in [1.29, 1.82) is 0 Å². The number of para-hydroxylation sites is 1. The summed E-state index contributed by atoms with van der Waals surface area (Å²) in [5.74, 6) is -0.543. The quantitative estimate of drug-likeness (QED) is 0.587. The lowest BCUT2D eigenvalue weighted by atomic mass is 10.1. The van der Waals surface area contributed by atoms with E-state index in [-0.39, 0.29) is 23.0 Å². The summed E-state index contributed by atoms with van der Waals surface area (Å²) < 4.78 is 11.2. The van der Waals surface area contributed by atoms with E-state index in [1.54, 1.807) is 25.3 Å². The smallest absolute Gasteiger partial charge is 0.305 e. The van der Waals surface area contributed by atoms with Crippen LogP contribution in [-0.4, -0.2) is 39.6 Å². The van der Waals surface area contributed by atoms with Gasteiger partial charge in [0.2, 0.25) is 0 Å². The number of rotatable bonds is 7. The third-order valence-electron chi connectivity index (χ3n) is 2.95. The van der Waals surface area contributed by atoms with Crippen LogP contribution in [0.15, 0.2) is 18.2 Å². The van der Waals surface area contributed by atoms with Gasteiger partial charge in [-0.3, -0.25) is 19.1 Å². The highest BCUT2D eigenvalue weighted by Crippen LogP contribution is 2.28. The van der Waals surface area contributed by atoms with Crippen molar-refractivity contribution < 1.29 is 13.9 Å². The summed E-state index contributed by atoms with van der Waals surface area (Å²) in [7, 11) is -1.07. The molecule has 0 saturated heterocycles. The molecule has 0 aliphatic heterocycles. The van der Waals surface area contributed by atoms with Crippen molar-refractivity contribution >= 4 is 28.1 Å². The van der Waals surface area contributed by atoms with Crippen LogP contribution in [0, 0.1) is 10.1 Å². The Morgan fingerprint density at radius 2 is 2.14 bits per heavy atom. The van der Waals surface area contributed by atoms with Gasteiger partial charge in [0, 0.05) is 35.4 Å². The van der Waals surface area contributed by atoms with Crippen LogP contribution >= 0.6 is 0 Å². The Hall–Kier alpha value is -1.96. The van der Waals surface area contributed by atoms with Crippen LogP contribution in [0.1, 0.15) is 24.2 Å². The van der Waals surface area contributed by atoms with Gasteiger partial charge >= 0.3 is 5.69 Å². The van der Waals surface area contributed by atoms with Crippen LogP contribution < -0.4 is 10.6 Å². The number of nitro groups is 1. The van der Waals surface area contributed by atoms with Crippen molar-refractivity contribution in [2.75, 3.05) is 24.7 Å². The van der Waals surface area contributed by atoms with Gasteiger partial charge in [-0.1, -0.05) is 6.07 Å². The Kier molecular flexibility index (Phi) is 6.29. The number of carbonyl (C=O) groups excluding carboxylic acids is 1. The van der Waals surface area contributed by atoms with Gasteiger partial charge < -0.3 is 10.6 Å². The first kappa shape index (κ1) is 17.1. The first-order valence-electron chi connectivity index (χ1n) is 6.50. The fraction of sp³-hybridized carbons (Fsp3) is 0.462. The molecule has 1 aromatic carbocycles. The van der Waals surface area contributed by atoms with Crippen molar-refractivity contribution in [3.8, 4) is 0 Å². The van der Waals surface area contributed by atoms with E-state index in [0.29, 0.717) is 12.2 Å². The summed E-state index contributed by atoms with van der Waals surface area (Å²) in [6, 6.07) is 4.55. The normalized spacial score (nSPS) is 13.3. The molecule has 0 saturated carbocycles. The summed E-state index contributed by atoms with van der Waals surface area (Å²) in [5, 5.41) is 16.4. The molecule has 0 radical (unpaired) electrons. The highest BCUT2D eigenvalue weighted by Gasteiger charge is 2.24. The third kappa shape index (κ3) is 4.52. The maximum Gasteiger partial charge on any atom is 0.305 e. The largest absolute Gasteiger partial charge is 0.380 e. The highest BCUT2D eigenvalue weighted by atomic mass is 32.2. The van der Waals surface area contributed by atoms with Crippen molar-refractivity contribution in [2.45, 2.75) is 19.1 Å². The number of hydrogen-bond acceptors (Lipinski definition) is 5. The van der Waals surface area contributed by atoms with E-state index in [9.17, 15) is 19.1 Å². The Morgan fingerprint density at radius 3 is 2.67 bits per heavy atom. The molecule has 0 heterocycles. The molecule has 2 N–H and O–H groups in total. The SMILES string of the molecule is CCNc1cccc(C(=O)NCC(C)S(C)=O)c1[N+](=O)[O-]. The van der Waals surface area contributed by atoms with Gasteiger partial charge in [-0.15, -0.1) is 0 Å². The van der Waals surface area contributed by atoms with Gasteiger partial charge in [-0.25, -0.2) is 0 Å². The number of anilines is 1. The molecule has 116 valence electrons. The second-order valence-corrected chi connectivity index (χ2v) is 6.31. The average molecular weight is 313 g/mol. The standard InChI is InChI=1S/C13H19N3O4S/c1-4-14-11-7-5-6-10(12(11)16(18)19)13(17)15-8-9(2)21(3)20/h5-7,9,14H,4,8H2,1-3H3,(H,15,17). The van der Waals surface area contributed by atoms with Gasteiger partial charge in [0.25, 0.3) is 5.91 Å². The van der Waals surface area contributed by atoms with E-state index < -0.39 is 21.6 Å². The monoisotopic (exact) mass is 313 g/mol. The zero-order valence-corrected chi connectivity index (χ0v) is 13.0. The van der Waals surface area contributed by atoms with Gasteiger partial charge in [-0.05, 0) is 26.0 Å². The number of hydrogen-bond donors (Lipinski definition) is 2. The summed E-state index contributed by atoms with van der Waals surface area (Å²) in [4.78, 5) is 22.7. The topological polar surface area (TPSA) is 101 Å². The molecule has 7 nitrogen and oxygen atoms in total. The predicted molar refractivity (Wildman–Crippen MR) is 83.1 cm³/mol. The van der Waals surface area contributed by atoms with Gasteiger partial charge in [0.1, 0.15) is 11.3 Å². The van der Waals surface area contributed by atoms with E-state index >= 15 is 0 Å². The molecular formula is C13H19N3O4S. The van der Waals surface area contributed by atoms with Crippen molar-refractivity contribution in [2.24, 2.45) is 0 Å². The molecule has 0 fully saturated rings. The zero-order chi connectivity index (χ0) is 16.0. The average Bonchev–Trinajstić information content (AvgIpc) is 2.43. The van der Waals surface area contributed by atoms with Crippen molar-refractivity contribution in [1.82, 2.24) is 5.32 Å². The third-order valence-corrected chi connectivity index (χ3v) is 4.25. The number of carbonyl (C=O) groups is 1. The van der Waals surface area contributed by atoms with E-state index in [1.165, 1.54) is 6.07 Å². The van der Waals surface area contributed by atoms with E-state index in [1.807, 2.05) is 6.92 Å². The Balaban J connectivity index is 3.01. The minimum atomic E-state index is -1.07. The molecule has 2 unspecified atom stereocenters. The van der Waals surface area contributed by atoms with Crippen molar-refractivity contribution in [3.05, 3.63) is 33.9 Å². The molecule has 0 aliphatic rings. The Morgan fingerprint density at radius 1 is 1.48 bits per heavy atom. The fourth-order valence-corrected chi connectivity index (χ4v) is 2.02. The van der Waals surface area contributed by atoms with Crippen LogP contribution in [0.4, 0.5) is 11.4 Å². The van der Waals surface area contributed by atoms with Gasteiger partial charge in [-0.2, -0.15) is 0 Å². The number of benzene rings is 1. The lowest BCUT2D eigenvalue weighted by Crippen LogP contribution is -2.33. The second-order valence-electron chi connectivity index (χ2n) is 4.51. The number of nitrogens with one attached hydrogen (secondary N) is 2. The molecule has 1 aromatic rings. The molecule has 0 aromatic heterocycles. The molecule has 1 rings (SSSR count). The van der Waals surface area contributed by atoms with Gasteiger partial charge in [0.05, 0.1) is 4.92 Å². The van der Waals surface area contributed by atoms with Crippen LogP contribution in [0.2, 0.25) is 0 Å². The van der Waals surface area contributed by atoms with Gasteiger partial charge in [0.15, 0.2) is 0 Å². The maximum atomic E-state index is 12.1. The summed E-state index contributed by atoms with van der Waals surface area (Å²) in [6.07, 6.45) is 1.55. The Labute approximate surface area is 125 Å². The molecule has 8 heteroatoms. The molecule has 21 heavy (non-hydrogen) atoms. The van der Waals surface area contributed by atoms with E-state index in [0.717, 1.165) is 0 Å². The molecular weight excluding hydrogens is 294 g/mol. The number of nitro benzene ring substituents is 1. The van der Waals surface area contributed by atoms with Crippen LogP contribution in [0.3, 0.4) is 0 Å². The summed E-state index contributed by atoms with van der Waals surface area (Å²) in [6.45, 7) is 4.26. The van der Waals surface area contributed by atoms with Crippen molar-refractivity contribution in [3.63, 3.8) is 0 Å².